The van der Waals surface area contributed by atoms with Crippen LogP contribution in [0.25, 0.3) is 10.2 Å². The van der Waals surface area contributed by atoms with E-state index in [1.54, 1.807) is 20.4 Å². The number of aromatic nitrogens is 3. The lowest BCUT2D eigenvalue weighted by molar-refractivity contribution is 0.102. The molecule has 3 rings (SSSR count). The number of nitrogens with one attached hydrogen (secondary N) is 1. The molecular formula is C13H13N5O2S. The van der Waals surface area contributed by atoms with Gasteiger partial charge in [0.15, 0.2) is 10.8 Å². The minimum Gasteiger partial charge on any atom is -0.497 e. The number of nitrogens with two attached hydrogens (primary N) is 1. The lowest BCUT2D eigenvalue weighted by atomic mass is 10.3. The van der Waals surface area contributed by atoms with Crippen LogP contribution in [0.4, 0.5) is 10.8 Å². The van der Waals surface area contributed by atoms with Crippen LogP contribution < -0.4 is 15.8 Å². The number of carbonyl (C=O) groups excluding carboxylic acids is 1. The van der Waals surface area contributed by atoms with Gasteiger partial charge in [0.25, 0.3) is 5.91 Å². The Kier molecular flexibility index (Phi) is 3.22. The highest BCUT2D eigenvalue weighted by Crippen LogP contribution is 2.29. The number of amides is 1. The lowest BCUT2D eigenvalue weighted by Crippen LogP contribution is -2.14. The van der Waals surface area contributed by atoms with Gasteiger partial charge in [-0.25, -0.2) is 4.98 Å². The van der Waals surface area contributed by atoms with E-state index in [9.17, 15) is 4.79 Å². The summed E-state index contributed by atoms with van der Waals surface area (Å²) >= 11 is 1.36. The van der Waals surface area contributed by atoms with Crippen LogP contribution in [0, 0.1) is 0 Å². The van der Waals surface area contributed by atoms with Gasteiger partial charge < -0.3 is 10.5 Å². The highest BCUT2D eigenvalue weighted by Gasteiger charge is 2.16. The van der Waals surface area contributed by atoms with E-state index in [0.717, 1.165) is 16.0 Å². The number of ether oxygens (including phenoxy) is 1. The summed E-state index contributed by atoms with van der Waals surface area (Å²) in [6.07, 6.45) is 1.58. The minimum absolute atomic E-state index is 0.189. The van der Waals surface area contributed by atoms with Crippen molar-refractivity contribution in [3.63, 3.8) is 0 Å². The Bertz CT molecular complexity index is 823. The van der Waals surface area contributed by atoms with E-state index in [-0.39, 0.29) is 11.6 Å². The number of nitrogen functional groups attached to an aromatic ring is 1. The fraction of sp³-hybridized carbons (Fsp3) is 0.154. The first-order valence-electron chi connectivity index (χ1n) is 6.12. The van der Waals surface area contributed by atoms with Crippen LogP contribution in [0.15, 0.2) is 24.4 Å². The summed E-state index contributed by atoms with van der Waals surface area (Å²) < 4.78 is 7.59. The lowest BCUT2D eigenvalue weighted by Gasteiger charge is -1.98. The number of methoxy groups -OCH3 is 1. The second kappa shape index (κ2) is 5.06. The molecule has 3 aromatic rings. The summed E-state index contributed by atoms with van der Waals surface area (Å²) in [5.41, 5.74) is 7.05. The Balaban J connectivity index is 1.87. The Morgan fingerprint density at radius 2 is 2.29 bits per heavy atom. The molecule has 3 N–H and O–H groups in total. The van der Waals surface area contributed by atoms with Crippen LogP contribution in [0.5, 0.6) is 5.75 Å². The van der Waals surface area contributed by atoms with Crippen molar-refractivity contribution in [3.05, 3.63) is 30.1 Å². The first-order chi connectivity index (χ1) is 10.1. The van der Waals surface area contributed by atoms with Gasteiger partial charge in [0.2, 0.25) is 0 Å². The third-order valence-corrected chi connectivity index (χ3v) is 3.82. The molecule has 7 nitrogen and oxygen atoms in total. The number of hydrogen-bond acceptors (Lipinski definition) is 6. The molecule has 1 amide bonds. The van der Waals surface area contributed by atoms with Gasteiger partial charge in [0, 0.05) is 13.2 Å². The molecule has 0 aliphatic heterocycles. The summed E-state index contributed by atoms with van der Waals surface area (Å²) in [6, 6.07) is 5.54. The van der Waals surface area contributed by atoms with E-state index < -0.39 is 0 Å². The quantitative estimate of drug-likeness (QED) is 0.770. The number of carbonyl (C=O) groups is 1. The number of rotatable bonds is 3. The molecule has 0 spiro atoms. The number of aryl methyl sites for hydroxylation is 1. The van der Waals surface area contributed by atoms with Crippen molar-refractivity contribution < 1.29 is 9.53 Å². The maximum Gasteiger partial charge on any atom is 0.280 e. The van der Waals surface area contributed by atoms with Crippen molar-refractivity contribution in [2.24, 2.45) is 7.05 Å². The Labute approximate surface area is 124 Å². The number of fused-ring (bicyclic) bond motifs is 1. The molecule has 0 saturated carbocycles. The molecule has 0 aliphatic rings. The third-order valence-electron chi connectivity index (χ3n) is 2.89. The van der Waals surface area contributed by atoms with Gasteiger partial charge in [0.1, 0.15) is 5.75 Å². The topological polar surface area (TPSA) is 95.1 Å². The molecule has 0 saturated heterocycles. The highest BCUT2D eigenvalue weighted by molar-refractivity contribution is 7.22. The van der Waals surface area contributed by atoms with Gasteiger partial charge in [0.05, 0.1) is 23.0 Å². The molecule has 0 aliphatic carbocycles. The van der Waals surface area contributed by atoms with Crippen LogP contribution in [-0.4, -0.2) is 27.8 Å². The molecule has 0 unspecified atom stereocenters. The molecule has 0 fully saturated rings. The van der Waals surface area contributed by atoms with Crippen LogP contribution >= 0.6 is 11.3 Å². The Morgan fingerprint density at radius 1 is 1.48 bits per heavy atom. The summed E-state index contributed by atoms with van der Waals surface area (Å²) in [4.78, 5) is 16.5. The van der Waals surface area contributed by atoms with Crippen molar-refractivity contribution in [2.75, 3.05) is 18.2 Å². The molecule has 8 heteroatoms. The van der Waals surface area contributed by atoms with Crippen LogP contribution in [0.1, 0.15) is 10.5 Å². The summed E-state index contributed by atoms with van der Waals surface area (Å²) in [6.45, 7) is 0. The Hall–Kier alpha value is -2.61. The van der Waals surface area contributed by atoms with E-state index in [4.69, 9.17) is 10.5 Å². The fourth-order valence-electron chi connectivity index (χ4n) is 1.92. The van der Waals surface area contributed by atoms with Gasteiger partial charge in [-0.2, -0.15) is 5.10 Å². The number of benzene rings is 1. The molecule has 21 heavy (non-hydrogen) atoms. The largest absolute Gasteiger partial charge is 0.497 e. The molecule has 0 bridgehead atoms. The number of nitrogens with zero attached hydrogens (tertiary/aromatic N) is 3. The first kappa shape index (κ1) is 13.4. The summed E-state index contributed by atoms with van der Waals surface area (Å²) in [5.74, 6) is 0.372. The van der Waals surface area contributed by atoms with Gasteiger partial charge in [-0.15, -0.1) is 0 Å². The molecule has 2 aromatic heterocycles. The summed E-state index contributed by atoms with van der Waals surface area (Å²) in [5, 5.41) is 7.23. The fourth-order valence-corrected chi connectivity index (χ4v) is 2.81. The van der Waals surface area contributed by atoms with Crippen LogP contribution in [0.3, 0.4) is 0 Å². The zero-order valence-corrected chi connectivity index (χ0v) is 12.3. The van der Waals surface area contributed by atoms with E-state index in [2.05, 4.69) is 15.4 Å². The monoisotopic (exact) mass is 303 g/mol. The third kappa shape index (κ3) is 2.52. The van der Waals surface area contributed by atoms with Gasteiger partial charge in [-0.1, -0.05) is 11.3 Å². The van der Waals surface area contributed by atoms with Crippen molar-refractivity contribution >= 4 is 38.3 Å². The second-order valence-electron chi connectivity index (χ2n) is 4.41. The maximum absolute atomic E-state index is 12.1. The molecule has 1 aromatic carbocycles. The zero-order valence-electron chi connectivity index (χ0n) is 11.5. The predicted molar refractivity (Wildman–Crippen MR) is 81.7 cm³/mol. The van der Waals surface area contributed by atoms with E-state index in [0.29, 0.717) is 10.8 Å². The molecule has 0 atom stereocenters. The van der Waals surface area contributed by atoms with Crippen molar-refractivity contribution in [2.45, 2.75) is 0 Å². The minimum atomic E-state index is -0.376. The van der Waals surface area contributed by atoms with Crippen molar-refractivity contribution in [3.8, 4) is 5.75 Å². The smallest absolute Gasteiger partial charge is 0.280 e. The molecular weight excluding hydrogens is 290 g/mol. The average molecular weight is 303 g/mol. The zero-order chi connectivity index (χ0) is 15.0. The standard InChI is InChI=1S/C13H13N5O2S/c1-18-6-8(14)11(17-18)12(19)16-13-15-9-4-3-7(20-2)5-10(9)21-13/h3-6H,14H2,1-2H3,(H,15,16,19). The number of hydrogen-bond donors (Lipinski definition) is 2. The second-order valence-corrected chi connectivity index (χ2v) is 5.44. The summed E-state index contributed by atoms with van der Waals surface area (Å²) in [7, 11) is 3.31. The SMILES string of the molecule is COc1ccc2nc(NC(=O)c3nn(C)cc3N)sc2c1. The first-order valence-corrected chi connectivity index (χ1v) is 6.93. The predicted octanol–water partition coefficient (Wildman–Crippen LogP) is 1.87. The van der Waals surface area contributed by atoms with Crippen molar-refractivity contribution in [1.82, 2.24) is 14.8 Å². The Morgan fingerprint density at radius 3 is 2.95 bits per heavy atom. The van der Waals surface area contributed by atoms with Crippen LogP contribution in [-0.2, 0) is 7.05 Å². The highest BCUT2D eigenvalue weighted by atomic mass is 32.1. The van der Waals surface area contributed by atoms with Gasteiger partial charge in [-0.3, -0.25) is 14.8 Å². The van der Waals surface area contributed by atoms with E-state index >= 15 is 0 Å². The molecule has 108 valence electrons. The normalized spacial score (nSPS) is 10.8. The van der Waals surface area contributed by atoms with E-state index in [1.807, 2.05) is 18.2 Å². The molecule has 0 radical (unpaired) electrons. The van der Waals surface area contributed by atoms with Gasteiger partial charge >= 0.3 is 0 Å². The molecule has 2 heterocycles. The number of thiazole rings is 1. The van der Waals surface area contributed by atoms with E-state index in [1.165, 1.54) is 16.0 Å². The van der Waals surface area contributed by atoms with Gasteiger partial charge in [-0.05, 0) is 18.2 Å². The van der Waals surface area contributed by atoms with Crippen LogP contribution in [0.2, 0.25) is 0 Å². The maximum atomic E-state index is 12.1. The average Bonchev–Trinajstić information content (AvgIpc) is 2.99. The number of anilines is 2. The van der Waals surface area contributed by atoms with Crippen molar-refractivity contribution in [1.29, 1.82) is 0 Å².